The monoisotopic (exact) mass is 381 g/mol. The van der Waals surface area contributed by atoms with Crippen LogP contribution in [-0.4, -0.2) is 28.1 Å². The van der Waals surface area contributed by atoms with Crippen LogP contribution in [0.25, 0.3) is 10.9 Å². The van der Waals surface area contributed by atoms with Crippen LogP contribution >= 0.6 is 0 Å². The number of pyridine rings is 1. The second kappa shape index (κ2) is 7.88. The maximum absolute atomic E-state index is 13.2. The summed E-state index contributed by atoms with van der Waals surface area (Å²) in [5, 5.41) is 10.0. The largest absolute Gasteiger partial charge is 0.461 e. The SMILES string of the molecule is CCOC(=O)c1cc2cc(OC(C)=O)n(Cc3ccc(F)cc3)c2c(C#N)n1. The number of rotatable bonds is 5. The topological polar surface area (TPSA) is 94.2 Å². The lowest BCUT2D eigenvalue weighted by Crippen LogP contribution is -2.11. The predicted molar refractivity (Wildman–Crippen MR) is 97.2 cm³/mol. The van der Waals surface area contributed by atoms with Gasteiger partial charge in [-0.15, -0.1) is 0 Å². The Morgan fingerprint density at radius 2 is 1.96 bits per heavy atom. The van der Waals surface area contributed by atoms with Gasteiger partial charge in [0.2, 0.25) is 5.88 Å². The van der Waals surface area contributed by atoms with Crippen LogP contribution in [0.15, 0.2) is 36.4 Å². The van der Waals surface area contributed by atoms with Gasteiger partial charge in [0.05, 0.1) is 18.7 Å². The standard InChI is InChI=1S/C20H16FN3O4/c1-3-27-20(26)16-8-14-9-18(28-12(2)25)24(19(14)17(10-22)23-16)11-13-4-6-15(21)7-5-13/h4-9H,3,11H2,1-2H3. The van der Waals surface area contributed by atoms with E-state index in [4.69, 9.17) is 9.47 Å². The quantitative estimate of drug-likeness (QED) is 0.630. The minimum absolute atomic E-state index is 0.0129. The molecule has 0 fully saturated rings. The van der Waals surface area contributed by atoms with Gasteiger partial charge in [-0.25, -0.2) is 14.2 Å². The Kier molecular flexibility index (Phi) is 5.36. The van der Waals surface area contributed by atoms with Gasteiger partial charge in [0.25, 0.3) is 0 Å². The van der Waals surface area contributed by atoms with Crippen LogP contribution in [0, 0.1) is 17.1 Å². The van der Waals surface area contributed by atoms with E-state index in [0.717, 1.165) is 5.56 Å². The zero-order valence-electron chi connectivity index (χ0n) is 15.2. The van der Waals surface area contributed by atoms with Gasteiger partial charge in [-0.2, -0.15) is 5.26 Å². The molecule has 0 saturated heterocycles. The van der Waals surface area contributed by atoms with E-state index in [1.54, 1.807) is 29.7 Å². The molecule has 0 atom stereocenters. The van der Waals surface area contributed by atoms with Gasteiger partial charge < -0.3 is 14.0 Å². The Morgan fingerprint density at radius 1 is 1.25 bits per heavy atom. The van der Waals surface area contributed by atoms with Gasteiger partial charge in [0.1, 0.15) is 11.9 Å². The van der Waals surface area contributed by atoms with Gasteiger partial charge in [0, 0.05) is 18.4 Å². The summed E-state index contributed by atoms with van der Waals surface area (Å²) >= 11 is 0. The summed E-state index contributed by atoms with van der Waals surface area (Å²) in [5.41, 5.74) is 1.10. The molecule has 0 N–H and O–H groups in total. The van der Waals surface area contributed by atoms with E-state index in [1.165, 1.54) is 25.1 Å². The minimum atomic E-state index is -0.652. The molecule has 0 aliphatic heterocycles. The predicted octanol–water partition coefficient (Wildman–Crippen LogP) is 3.20. The number of hydrogen-bond acceptors (Lipinski definition) is 6. The molecule has 0 radical (unpaired) electrons. The number of nitrogens with zero attached hydrogens (tertiary/aromatic N) is 3. The van der Waals surface area contributed by atoms with E-state index in [1.807, 2.05) is 6.07 Å². The molecule has 0 amide bonds. The van der Waals surface area contributed by atoms with E-state index in [0.29, 0.717) is 10.9 Å². The third kappa shape index (κ3) is 3.83. The lowest BCUT2D eigenvalue weighted by atomic mass is 10.2. The summed E-state index contributed by atoms with van der Waals surface area (Å²) in [7, 11) is 0. The highest BCUT2D eigenvalue weighted by atomic mass is 19.1. The van der Waals surface area contributed by atoms with Crippen molar-refractivity contribution in [3.63, 3.8) is 0 Å². The van der Waals surface area contributed by atoms with E-state index in [-0.39, 0.29) is 36.2 Å². The number of fused-ring (bicyclic) bond motifs is 1. The molecular formula is C20H16FN3O4. The number of carbonyl (C=O) groups is 2. The zero-order chi connectivity index (χ0) is 20.3. The van der Waals surface area contributed by atoms with E-state index >= 15 is 0 Å². The highest BCUT2D eigenvalue weighted by Crippen LogP contribution is 2.29. The number of ether oxygens (including phenoxy) is 2. The molecule has 0 spiro atoms. The molecule has 7 nitrogen and oxygen atoms in total. The van der Waals surface area contributed by atoms with Crippen molar-refractivity contribution in [3.8, 4) is 11.9 Å². The number of carbonyl (C=O) groups excluding carboxylic acids is 2. The van der Waals surface area contributed by atoms with Crippen LogP contribution in [0.3, 0.4) is 0 Å². The number of esters is 2. The highest BCUT2D eigenvalue weighted by Gasteiger charge is 2.20. The zero-order valence-corrected chi connectivity index (χ0v) is 15.2. The van der Waals surface area contributed by atoms with Gasteiger partial charge in [-0.05, 0) is 30.7 Å². The van der Waals surface area contributed by atoms with Gasteiger partial charge >= 0.3 is 11.9 Å². The second-order valence-electron chi connectivity index (χ2n) is 5.92. The molecule has 0 saturated carbocycles. The maximum Gasteiger partial charge on any atom is 0.356 e. The molecule has 0 aliphatic carbocycles. The van der Waals surface area contributed by atoms with E-state index in [9.17, 15) is 19.2 Å². The van der Waals surface area contributed by atoms with E-state index < -0.39 is 11.9 Å². The van der Waals surface area contributed by atoms with Crippen LogP contribution in [0.5, 0.6) is 5.88 Å². The lowest BCUT2D eigenvalue weighted by Gasteiger charge is -2.11. The van der Waals surface area contributed by atoms with Crippen molar-refractivity contribution in [3.05, 3.63) is 59.2 Å². The van der Waals surface area contributed by atoms with Crippen LogP contribution in [0.4, 0.5) is 4.39 Å². The average molecular weight is 381 g/mol. The second-order valence-corrected chi connectivity index (χ2v) is 5.92. The Labute approximate surface area is 159 Å². The molecule has 3 aromatic rings. The summed E-state index contributed by atoms with van der Waals surface area (Å²) < 4.78 is 25.0. The first-order valence-corrected chi connectivity index (χ1v) is 8.47. The van der Waals surface area contributed by atoms with Crippen molar-refractivity contribution >= 4 is 22.8 Å². The summed E-state index contributed by atoms with van der Waals surface area (Å²) in [5.74, 6) is -1.38. The van der Waals surface area contributed by atoms with Crippen molar-refractivity contribution in [2.24, 2.45) is 0 Å². The van der Waals surface area contributed by atoms with E-state index in [2.05, 4.69) is 4.98 Å². The first-order chi connectivity index (χ1) is 13.4. The van der Waals surface area contributed by atoms with Crippen LogP contribution in [0.2, 0.25) is 0 Å². The molecule has 0 aliphatic rings. The van der Waals surface area contributed by atoms with Crippen LogP contribution in [-0.2, 0) is 16.1 Å². The number of nitriles is 1. The third-order valence-corrected chi connectivity index (χ3v) is 3.93. The van der Waals surface area contributed by atoms with Crippen LogP contribution < -0.4 is 4.74 Å². The molecule has 3 rings (SSSR count). The molecule has 0 unspecified atom stereocenters. The molecule has 0 bridgehead atoms. The Balaban J connectivity index is 2.18. The fraction of sp³-hybridized carbons (Fsp3) is 0.200. The normalized spacial score (nSPS) is 10.5. The number of aromatic nitrogens is 2. The number of benzene rings is 1. The fourth-order valence-corrected chi connectivity index (χ4v) is 2.82. The summed E-state index contributed by atoms with van der Waals surface area (Å²) in [6, 6.07) is 10.8. The molecule has 142 valence electrons. The summed E-state index contributed by atoms with van der Waals surface area (Å²) in [6.45, 7) is 3.30. The van der Waals surface area contributed by atoms with Crippen molar-refractivity contribution in [1.29, 1.82) is 5.26 Å². The maximum atomic E-state index is 13.2. The number of hydrogen-bond donors (Lipinski definition) is 0. The molecule has 2 heterocycles. The summed E-state index contributed by atoms with van der Waals surface area (Å²) in [4.78, 5) is 27.6. The average Bonchev–Trinajstić information content (AvgIpc) is 2.99. The number of halogens is 1. The van der Waals surface area contributed by atoms with Gasteiger partial charge in [-0.3, -0.25) is 4.79 Å². The van der Waals surface area contributed by atoms with Gasteiger partial charge in [-0.1, -0.05) is 12.1 Å². The first-order valence-electron chi connectivity index (χ1n) is 8.47. The summed E-state index contributed by atoms with van der Waals surface area (Å²) in [6.07, 6.45) is 0. The van der Waals surface area contributed by atoms with Crippen molar-refractivity contribution in [1.82, 2.24) is 9.55 Å². The smallest absolute Gasteiger partial charge is 0.356 e. The Morgan fingerprint density at radius 3 is 2.57 bits per heavy atom. The lowest BCUT2D eigenvalue weighted by molar-refractivity contribution is -0.132. The minimum Gasteiger partial charge on any atom is -0.461 e. The van der Waals surface area contributed by atoms with Crippen LogP contribution in [0.1, 0.15) is 35.6 Å². The Hall–Kier alpha value is -3.73. The Bertz CT molecular complexity index is 1100. The fourth-order valence-electron chi connectivity index (χ4n) is 2.82. The molecule has 8 heteroatoms. The molecule has 28 heavy (non-hydrogen) atoms. The molecule has 2 aromatic heterocycles. The third-order valence-electron chi connectivity index (χ3n) is 3.93. The highest BCUT2D eigenvalue weighted by molar-refractivity contribution is 5.95. The van der Waals surface area contributed by atoms with Crippen molar-refractivity contribution < 1.29 is 23.5 Å². The molecular weight excluding hydrogens is 365 g/mol. The van der Waals surface area contributed by atoms with Crippen molar-refractivity contribution in [2.75, 3.05) is 6.61 Å². The first kappa shape index (κ1) is 19.0. The molecule has 1 aromatic carbocycles. The van der Waals surface area contributed by atoms with Gasteiger partial charge in [0.15, 0.2) is 11.4 Å². The van der Waals surface area contributed by atoms with Crippen molar-refractivity contribution in [2.45, 2.75) is 20.4 Å².